The Labute approximate surface area is 234 Å². The molecule has 0 unspecified atom stereocenters. The molecule has 2 heterocycles. The minimum Gasteiger partial charge on any atom is -0.457 e. The maximum Gasteiger partial charge on any atom is 0.250 e. The van der Waals surface area contributed by atoms with Crippen LogP contribution >= 0.6 is 35.4 Å². The molecule has 1 amide bonds. The lowest BCUT2D eigenvalue weighted by molar-refractivity contribution is -0.115. The highest BCUT2D eigenvalue weighted by Crippen LogP contribution is 2.31. The van der Waals surface area contributed by atoms with Gasteiger partial charge in [-0.3, -0.25) is 10.1 Å². The van der Waals surface area contributed by atoms with E-state index in [-0.39, 0.29) is 5.11 Å². The Kier molecular flexibility index (Phi) is 7.33. The van der Waals surface area contributed by atoms with E-state index in [1.807, 2.05) is 56.3 Å². The summed E-state index contributed by atoms with van der Waals surface area (Å²) in [6, 6.07) is 20.3. The molecule has 2 N–H and O–H groups in total. The number of hydrogen-bond acceptors (Lipinski definition) is 5. The number of aromatic nitrogens is 1. The van der Waals surface area contributed by atoms with E-state index in [1.165, 1.54) is 6.08 Å². The molecule has 38 heavy (non-hydrogen) atoms. The number of aryl methyl sites for hydroxylation is 2. The minimum absolute atomic E-state index is 0.138. The van der Waals surface area contributed by atoms with Crippen LogP contribution in [0.5, 0.6) is 0 Å². The van der Waals surface area contributed by atoms with E-state index in [1.54, 1.807) is 30.3 Å². The number of hydrogen-bond donors (Lipinski definition) is 2. The molecule has 3 aromatic carbocycles. The van der Waals surface area contributed by atoms with Crippen LogP contribution in [0.4, 0.5) is 5.69 Å². The van der Waals surface area contributed by atoms with Gasteiger partial charge in [-0.1, -0.05) is 41.4 Å². The van der Waals surface area contributed by atoms with Gasteiger partial charge in [0.1, 0.15) is 17.0 Å². The Morgan fingerprint density at radius 1 is 0.947 bits per heavy atom. The number of thiocarbonyl (C=S) groups is 1. The Hall–Kier alpha value is -3.91. The standard InChI is InChI=1S/C29H21Cl2N3O3S/c1-16-3-9-21(23(31)13-16)28-33-24-15-19(6-10-26(24)37-28)32-29(38)34-27(35)12-8-20-7-11-25(36-20)18-5-4-17(2)22(30)14-18/h3-15H,1-2H3,(H2,32,34,35,38)/b12-8+. The fourth-order valence-corrected chi connectivity index (χ4v) is 4.45. The second-order valence-corrected chi connectivity index (χ2v) is 9.85. The van der Waals surface area contributed by atoms with E-state index >= 15 is 0 Å². The number of nitrogens with zero attached hydrogens (tertiary/aromatic N) is 1. The van der Waals surface area contributed by atoms with Gasteiger partial charge in [-0.15, -0.1) is 0 Å². The summed E-state index contributed by atoms with van der Waals surface area (Å²) < 4.78 is 11.7. The molecule has 190 valence electrons. The molecule has 0 spiro atoms. The molecule has 0 saturated carbocycles. The number of nitrogens with one attached hydrogen (secondary N) is 2. The van der Waals surface area contributed by atoms with E-state index in [4.69, 9.17) is 44.3 Å². The molecule has 0 fully saturated rings. The molecule has 9 heteroatoms. The molecule has 0 atom stereocenters. The van der Waals surface area contributed by atoms with E-state index in [0.29, 0.717) is 49.8 Å². The third-order valence-corrected chi connectivity index (χ3v) is 6.64. The monoisotopic (exact) mass is 561 g/mol. The largest absolute Gasteiger partial charge is 0.457 e. The van der Waals surface area contributed by atoms with Gasteiger partial charge in [0.25, 0.3) is 0 Å². The number of halogens is 2. The first-order valence-electron chi connectivity index (χ1n) is 11.6. The predicted octanol–water partition coefficient (Wildman–Crippen LogP) is 8.20. The number of amides is 1. The van der Waals surface area contributed by atoms with Gasteiger partial charge in [0.05, 0.1) is 10.6 Å². The molecule has 0 aliphatic carbocycles. The third-order valence-electron chi connectivity index (χ3n) is 5.72. The van der Waals surface area contributed by atoms with Crippen LogP contribution in [0.15, 0.2) is 81.6 Å². The topological polar surface area (TPSA) is 80.3 Å². The maximum atomic E-state index is 12.4. The summed E-state index contributed by atoms with van der Waals surface area (Å²) in [5.74, 6) is 1.19. The van der Waals surface area contributed by atoms with Crippen molar-refractivity contribution < 1.29 is 13.6 Å². The normalized spacial score (nSPS) is 11.3. The van der Waals surface area contributed by atoms with Gasteiger partial charge < -0.3 is 14.2 Å². The Morgan fingerprint density at radius 3 is 2.58 bits per heavy atom. The highest BCUT2D eigenvalue weighted by molar-refractivity contribution is 7.80. The zero-order valence-corrected chi connectivity index (χ0v) is 22.7. The maximum absolute atomic E-state index is 12.4. The van der Waals surface area contributed by atoms with E-state index in [2.05, 4.69) is 15.6 Å². The fourth-order valence-electron chi connectivity index (χ4n) is 3.73. The van der Waals surface area contributed by atoms with Gasteiger partial charge in [0, 0.05) is 22.3 Å². The predicted molar refractivity (Wildman–Crippen MR) is 156 cm³/mol. The molecular weight excluding hydrogens is 541 g/mol. The number of benzene rings is 3. The first kappa shape index (κ1) is 25.7. The van der Waals surface area contributed by atoms with Crippen molar-refractivity contribution in [3.8, 4) is 22.8 Å². The summed E-state index contributed by atoms with van der Waals surface area (Å²) in [5, 5.41) is 6.97. The fraction of sp³-hybridized carbons (Fsp3) is 0.0690. The second-order valence-electron chi connectivity index (χ2n) is 8.63. The van der Waals surface area contributed by atoms with E-state index in [9.17, 15) is 4.79 Å². The molecule has 0 bridgehead atoms. The molecule has 0 saturated heterocycles. The van der Waals surface area contributed by atoms with Crippen LogP contribution in [0.3, 0.4) is 0 Å². The highest BCUT2D eigenvalue weighted by Gasteiger charge is 2.13. The number of carbonyl (C=O) groups is 1. The Bertz CT molecular complexity index is 1720. The lowest BCUT2D eigenvalue weighted by atomic mass is 10.1. The van der Waals surface area contributed by atoms with Gasteiger partial charge in [0.15, 0.2) is 10.7 Å². The van der Waals surface area contributed by atoms with Crippen molar-refractivity contribution >= 4 is 69.3 Å². The lowest BCUT2D eigenvalue weighted by Gasteiger charge is -2.07. The van der Waals surface area contributed by atoms with Crippen molar-refractivity contribution in [2.45, 2.75) is 13.8 Å². The molecule has 0 aliphatic rings. The average Bonchev–Trinajstić information content (AvgIpc) is 3.51. The number of rotatable bonds is 5. The summed E-state index contributed by atoms with van der Waals surface area (Å²) >= 11 is 17.9. The first-order chi connectivity index (χ1) is 18.2. The summed E-state index contributed by atoms with van der Waals surface area (Å²) in [5.41, 5.74) is 5.48. The zero-order valence-electron chi connectivity index (χ0n) is 20.3. The van der Waals surface area contributed by atoms with Crippen LogP contribution in [0, 0.1) is 13.8 Å². The molecule has 0 aliphatic heterocycles. The van der Waals surface area contributed by atoms with Crippen molar-refractivity contribution in [2.24, 2.45) is 0 Å². The summed E-state index contributed by atoms with van der Waals surface area (Å²) in [6.07, 6.45) is 2.91. The van der Waals surface area contributed by atoms with Crippen molar-refractivity contribution in [3.05, 3.63) is 99.7 Å². The van der Waals surface area contributed by atoms with Crippen LogP contribution in [0.25, 0.3) is 40.0 Å². The smallest absolute Gasteiger partial charge is 0.250 e. The van der Waals surface area contributed by atoms with Crippen LogP contribution in [0.2, 0.25) is 10.0 Å². The Balaban J connectivity index is 1.21. The molecule has 2 aromatic heterocycles. The Morgan fingerprint density at radius 2 is 1.79 bits per heavy atom. The lowest BCUT2D eigenvalue weighted by Crippen LogP contribution is -2.32. The van der Waals surface area contributed by atoms with Gasteiger partial charge in [0.2, 0.25) is 11.8 Å². The van der Waals surface area contributed by atoms with Crippen LogP contribution < -0.4 is 10.6 Å². The SMILES string of the molecule is Cc1ccc(-c2nc3cc(NC(=S)NC(=O)/C=C/c4ccc(-c5ccc(C)c(Cl)c5)o4)ccc3o2)c(Cl)c1. The second kappa shape index (κ2) is 10.8. The van der Waals surface area contributed by atoms with Crippen molar-refractivity contribution in [3.63, 3.8) is 0 Å². The van der Waals surface area contributed by atoms with Gasteiger partial charge >= 0.3 is 0 Å². The van der Waals surface area contributed by atoms with Crippen LogP contribution in [-0.2, 0) is 4.79 Å². The summed E-state index contributed by atoms with van der Waals surface area (Å²) in [7, 11) is 0. The van der Waals surface area contributed by atoms with Crippen LogP contribution in [-0.4, -0.2) is 16.0 Å². The van der Waals surface area contributed by atoms with E-state index in [0.717, 1.165) is 16.7 Å². The highest BCUT2D eigenvalue weighted by atomic mass is 35.5. The number of oxazole rings is 1. The van der Waals surface area contributed by atoms with Gasteiger partial charge in [-0.05, 0) is 91.8 Å². The molecule has 6 nitrogen and oxygen atoms in total. The van der Waals surface area contributed by atoms with E-state index < -0.39 is 5.91 Å². The third kappa shape index (κ3) is 5.81. The number of furan rings is 1. The average molecular weight is 562 g/mol. The molecular formula is C29H21Cl2N3O3S. The zero-order chi connectivity index (χ0) is 26.8. The minimum atomic E-state index is -0.405. The molecule has 0 radical (unpaired) electrons. The number of anilines is 1. The van der Waals surface area contributed by atoms with Gasteiger partial charge in [-0.2, -0.15) is 0 Å². The summed E-state index contributed by atoms with van der Waals surface area (Å²) in [6.45, 7) is 3.90. The quantitative estimate of drug-likeness (QED) is 0.166. The number of carbonyl (C=O) groups excluding carboxylic acids is 1. The summed E-state index contributed by atoms with van der Waals surface area (Å²) in [4.78, 5) is 16.9. The van der Waals surface area contributed by atoms with Crippen molar-refractivity contribution in [1.82, 2.24) is 10.3 Å². The van der Waals surface area contributed by atoms with Crippen molar-refractivity contribution in [2.75, 3.05) is 5.32 Å². The van der Waals surface area contributed by atoms with Crippen LogP contribution in [0.1, 0.15) is 16.9 Å². The number of fused-ring (bicyclic) bond motifs is 1. The first-order valence-corrected chi connectivity index (χ1v) is 12.7. The van der Waals surface area contributed by atoms with Gasteiger partial charge in [-0.25, -0.2) is 4.98 Å². The molecule has 5 rings (SSSR count). The van der Waals surface area contributed by atoms with Crippen molar-refractivity contribution in [1.29, 1.82) is 0 Å². The molecule has 5 aromatic rings.